The number of nitrogens with zero attached hydrogens (tertiary/aromatic N) is 4. The fourth-order valence-electron chi connectivity index (χ4n) is 2.67. The van der Waals surface area contributed by atoms with Crippen molar-refractivity contribution in [1.82, 2.24) is 14.3 Å². The summed E-state index contributed by atoms with van der Waals surface area (Å²) in [4.78, 5) is 17.5. The third-order valence-electron chi connectivity index (χ3n) is 4.03. The van der Waals surface area contributed by atoms with E-state index < -0.39 is 0 Å². The molecule has 0 atom stereocenters. The molecule has 5 nitrogen and oxygen atoms in total. The predicted molar refractivity (Wildman–Crippen MR) is 92.8 cm³/mol. The minimum absolute atomic E-state index is 0.287. The van der Waals surface area contributed by atoms with Gasteiger partial charge in [0.25, 0.3) is 5.91 Å². The van der Waals surface area contributed by atoms with Gasteiger partial charge in [-0.05, 0) is 51.0 Å². The first-order valence-electron chi connectivity index (χ1n) is 7.60. The van der Waals surface area contributed by atoms with Gasteiger partial charge in [0.05, 0.1) is 10.2 Å². The van der Waals surface area contributed by atoms with Gasteiger partial charge in [-0.15, -0.1) is 0 Å². The lowest BCUT2D eigenvalue weighted by atomic mass is 10.1. The number of fused-ring (bicyclic) bond motifs is 1. The summed E-state index contributed by atoms with van der Waals surface area (Å²) in [6, 6.07) is 4.33. The van der Waals surface area contributed by atoms with Crippen LogP contribution in [0.3, 0.4) is 0 Å². The van der Waals surface area contributed by atoms with Gasteiger partial charge in [0.15, 0.2) is 10.5 Å². The number of hydrogen-bond acceptors (Lipinski definition) is 3. The predicted octanol–water partition coefficient (Wildman–Crippen LogP) is 3.12. The molecule has 0 aliphatic heterocycles. The maximum absolute atomic E-state index is 12.5. The lowest BCUT2D eigenvalue weighted by molar-refractivity contribution is 0.0992. The quantitative estimate of drug-likeness (QED) is 0.726. The van der Waals surface area contributed by atoms with Gasteiger partial charge in [0.1, 0.15) is 0 Å². The number of carbonyl (C=O) groups excluding carboxylic acids is 1. The Labute approximate surface area is 138 Å². The Balaban J connectivity index is 2.19. The Morgan fingerprint density at radius 3 is 2.52 bits per heavy atom. The van der Waals surface area contributed by atoms with Crippen LogP contribution in [0.2, 0.25) is 0 Å². The van der Waals surface area contributed by atoms with Gasteiger partial charge >= 0.3 is 0 Å². The van der Waals surface area contributed by atoms with Crippen LogP contribution in [-0.2, 0) is 13.6 Å². The van der Waals surface area contributed by atoms with Gasteiger partial charge in [-0.1, -0.05) is 11.3 Å². The molecule has 0 unspecified atom stereocenters. The first-order chi connectivity index (χ1) is 10.9. The summed E-state index contributed by atoms with van der Waals surface area (Å²) < 4.78 is 4.88. The number of hydrogen-bond donors (Lipinski definition) is 0. The molecule has 1 aromatic carbocycles. The smallest absolute Gasteiger partial charge is 0.300 e. The largest absolute Gasteiger partial charge is 0.317 e. The van der Waals surface area contributed by atoms with Crippen LogP contribution in [-0.4, -0.2) is 20.3 Å². The molecule has 23 heavy (non-hydrogen) atoms. The van der Waals surface area contributed by atoms with Crippen molar-refractivity contribution in [3.05, 3.63) is 45.5 Å². The number of aryl methyl sites for hydroxylation is 5. The lowest BCUT2D eigenvalue weighted by Gasteiger charge is -2.03. The van der Waals surface area contributed by atoms with Gasteiger partial charge in [-0.25, -0.2) is 0 Å². The van der Waals surface area contributed by atoms with Gasteiger partial charge in [-0.3, -0.25) is 9.48 Å². The topological polar surface area (TPSA) is 52.2 Å². The standard InChI is InChI=1S/C17H20N4OS/c1-6-21-13-7-10(2)11(3)8-14(13)23-17(21)18-16(22)15-12(4)9-20(5)19-15/h7-9H,6H2,1-5H3. The molecule has 2 aromatic heterocycles. The van der Waals surface area contributed by atoms with Crippen molar-refractivity contribution in [2.75, 3.05) is 0 Å². The fourth-order valence-corrected chi connectivity index (χ4v) is 3.84. The Morgan fingerprint density at radius 1 is 1.22 bits per heavy atom. The summed E-state index contributed by atoms with van der Waals surface area (Å²) in [5.74, 6) is -0.287. The molecule has 0 aliphatic carbocycles. The zero-order valence-corrected chi connectivity index (χ0v) is 14.9. The van der Waals surface area contributed by atoms with E-state index in [0.29, 0.717) is 5.69 Å². The third-order valence-corrected chi connectivity index (χ3v) is 5.07. The van der Waals surface area contributed by atoms with Crippen LogP contribution in [0.4, 0.5) is 0 Å². The van der Waals surface area contributed by atoms with E-state index in [9.17, 15) is 4.79 Å². The van der Waals surface area contributed by atoms with Gasteiger partial charge in [0, 0.05) is 25.4 Å². The lowest BCUT2D eigenvalue weighted by Crippen LogP contribution is -2.16. The summed E-state index contributed by atoms with van der Waals surface area (Å²) in [5.41, 5.74) is 4.89. The van der Waals surface area contributed by atoms with Crippen LogP contribution in [0.25, 0.3) is 10.2 Å². The molecule has 0 radical (unpaired) electrons. The van der Waals surface area contributed by atoms with Crippen LogP contribution in [0.5, 0.6) is 0 Å². The maximum Gasteiger partial charge on any atom is 0.300 e. The summed E-state index contributed by atoms with van der Waals surface area (Å²) in [6.45, 7) is 8.92. The second kappa shape index (κ2) is 5.77. The molecule has 0 N–H and O–H groups in total. The Morgan fingerprint density at radius 2 is 1.91 bits per heavy atom. The molecule has 2 heterocycles. The molecule has 0 fully saturated rings. The summed E-state index contributed by atoms with van der Waals surface area (Å²) in [6.07, 6.45) is 1.83. The first-order valence-corrected chi connectivity index (χ1v) is 8.42. The summed E-state index contributed by atoms with van der Waals surface area (Å²) >= 11 is 1.55. The molecular formula is C17H20N4OS. The van der Waals surface area contributed by atoms with Crippen LogP contribution >= 0.6 is 11.3 Å². The molecule has 1 amide bonds. The van der Waals surface area contributed by atoms with Crippen molar-refractivity contribution in [3.8, 4) is 0 Å². The number of aromatic nitrogens is 3. The third kappa shape index (κ3) is 2.74. The number of rotatable bonds is 2. The van der Waals surface area contributed by atoms with Crippen molar-refractivity contribution in [2.24, 2.45) is 12.0 Å². The summed E-state index contributed by atoms with van der Waals surface area (Å²) in [7, 11) is 1.81. The second-order valence-electron chi connectivity index (χ2n) is 5.78. The molecule has 0 aliphatic rings. The van der Waals surface area contributed by atoms with Gasteiger partial charge in [0.2, 0.25) is 0 Å². The van der Waals surface area contributed by atoms with Gasteiger partial charge < -0.3 is 4.57 Å². The molecule has 0 saturated heterocycles. The van der Waals surface area contributed by atoms with E-state index in [0.717, 1.165) is 27.1 Å². The molecule has 3 aromatic rings. The van der Waals surface area contributed by atoms with E-state index in [1.54, 1.807) is 23.1 Å². The Hall–Kier alpha value is -2.21. The zero-order valence-electron chi connectivity index (χ0n) is 14.0. The van der Waals surface area contributed by atoms with Crippen molar-refractivity contribution in [2.45, 2.75) is 34.2 Å². The summed E-state index contributed by atoms with van der Waals surface area (Å²) in [5, 5.41) is 4.21. The number of thiazole rings is 1. The van der Waals surface area contributed by atoms with E-state index >= 15 is 0 Å². The number of carbonyl (C=O) groups is 1. The minimum Gasteiger partial charge on any atom is -0.317 e. The Bertz CT molecular complexity index is 975. The second-order valence-corrected chi connectivity index (χ2v) is 6.79. The Kier molecular flexibility index (Phi) is 3.93. The van der Waals surface area contributed by atoms with Crippen molar-refractivity contribution >= 4 is 27.5 Å². The van der Waals surface area contributed by atoms with Crippen molar-refractivity contribution < 1.29 is 4.79 Å². The molecule has 6 heteroatoms. The van der Waals surface area contributed by atoms with Crippen LogP contribution < -0.4 is 4.80 Å². The van der Waals surface area contributed by atoms with Crippen LogP contribution in [0.1, 0.15) is 34.1 Å². The molecule has 0 spiro atoms. The molecule has 0 saturated carbocycles. The highest BCUT2D eigenvalue weighted by Gasteiger charge is 2.14. The molecule has 120 valence electrons. The minimum atomic E-state index is -0.287. The van der Waals surface area contributed by atoms with E-state index in [1.807, 2.05) is 13.1 Å². The average molecular weight is 328 g/mol. The van der Waals surface area contributed by atoms with E-state index in [2.05, 4.69) is 47.6 Å². The van der Waals surface area contributed by atoms with Crippen LogP contribution in [0.15, 0.2) is 23.3 Å². The molecule has 0 bridgehead atoms. The number of benzene rings is 1. The first kappa shape index (κ1) is 15.7. The highest BCUT2D eigenvalue weighted by Crippen LogP contribution is 2.22. The fraction of sp³-hybridized carbons (Fsp3) is 0.353. The SMILES string of the molecule is CCn1c(=NC(=O)c2nn(C)cc2C)sc2cc(C)c(C)cc21. The number of amides is 1. The maximum atomic E-state index is 12.5. The van der Waals surface area contributed by atoms with E-state index in [1.165, 1.54) is 11.1 Å². The highest BCUT2D eigenvalue weighted by atomic mass is 32.1. The van der Waals surface area contributed by atoms with Crippen molar-refractivity contribution in [3.63, 3.8) is 0 Å². The zero-order chi connectivity index (χ0) is 16.7. The molecular weight excluding hydrogens is 308 g/mol. The average Bonchev–Trinajstić information content (AvgIpc) is 2.98. The van der Waals surface area contributed by atoms with Crippen molar-refractivity contribution in [1.29, 1.82) is 0 Å². The van der Waals surface area contributed by atoms with E-state index in [4.69, 9.17) is 0 Å². The normalized spacial score (nSPS) is 12.3. The monoisotopic (exact) mass is 328 g/mol. The van der Waals surface area contributed by atoms with E-state index in [-0.39, 0.29) is 5.91 Å². The van der Waals surface area contributed by atoms with Gasteiger partial charge in [-0.2, -0.15) is 10.1 Å². The highest BCUT2D eigenvalue weighted by molar-refractivity contribution is 7.16. The van der Waals surface area contributed by atoms with Crippen LogP contribution in [0, 0.1) is 20.8 Å². The molecule has 3 rings (SSSR count).